The molecule has 2 aromatic rings. The third-order valence-corrected chi connectivity index (χ3v) is 3.03. The molecule has 0 atom stereocenters. The summed E-state index contributed by atoms with van der Waals surface area (Å²) in [5.74, 6) is 0.930. The molecule has 0 saturated carbocycles. The summed E-state index contributed by atoms with van der Waals surface area (Å²) in [5.41, 5.74) is -0.376. The summed E-state index contributed by atoms with van der Waals surface area (Å²) in [6, 6.07) is 4.10. The molecule has 0 radical (unpaired) electrons. The van der Waals surface area contributed by atoms with Crippen molar-refractivity contribution in [3.05, 3.63) is 23.9 Å². The third kappa shape index (κ3) is 2.09. The quantitative estimate of drug-likeness (QED) is 0.874. The molecule has 106 valence electrons. The standard InChI is InChI=1S/C13H11F3N2O2/c1-17-8-6-12(13(14,15)16)18-9-5-11-10(4-7(8)9)19-2-3-20-11/h4-6H,2-3H2,1H3,(H,17,18). The maximum atomic E-state index is 12.8. The normalized spacial score (nSPS) is 14.4. The maximum Gasteiger partial charge on any atom is 0.433 e. The van der Waals surface area contributed by atoms with Crippen molar-refractivity contribution in [3.8, 4) is 11.5 Å². The third-order valence-electron chi connectivity index (χ3n) is 3.03. The molecule has 0 unspecified atom stereocenters. The lowest BCUT2D eigenvalue weighted by atomic mass is 10.1. The number of aromatic nitrogens is 1. The second-order valence-electron chi connectivity index (χ2n) is 4.32. The summed E-state index contributed by atoms with van der Waals surface area (Å²) in [4.78, 5) is 3.66. The minimum absolute atomic E-state index is 0.216. The topological polar surface area (TPSA) is 43.4 Å². The zero-order chi connectivity index (χ0) is 14.3. The average molecular weight is 284 g/mol. The summed E-state index contributed by atoms with van der Waals surface area (Å²) in [6.45, 7) is 0.789. The molecule has 0 fully saturated rings. The molecule has 3 rings (SSSR count). The largest absolute Gasteiger partial charge is 0.486 e. The van der Waals surface area contributed by atoms with Gasteiger partial charge in [0.2, 0.25) is 0 Å². The fourth-order valence-electron chi connectivity index (χ4n) is 2.11. The van der Waals surface area contributed by atoms with E-state index in [9.17, 15) is 13.2 Å². The molecule has 1 aromatic heterocycles. The van der Waals surface area contributed by atoms with Crippen molar-refractivity contribution in [1.29, 1.82) is 0 Å². The van der Waals surface area contributed by atoms with E-state index in [0.29, 0.717) is 35.8 Å². The highest BCUT2D eigenvalue weighted by molar-refractivity contribution is 5.94. The van der Waals surface area contributed by atoms with Gasteiger partial charge in [-0.15, -0.1) is 0 Å². The Labute approximate surface area is 112 Å². The zero-order valence-electron chi connectivity index (χ0n) is 10.5. The van der Waals surface area contributed by atoms with Crippen LogP contribution < -0.4 is 14.8 Å². The predicted molar refractivity (Wildman–Crippen MR) is 67.3 cm³/mol. The molecule has 0 bridgehead atoms. The lowest BCUT2D eigenvalue weighted by Gasteiger charge is -2.20. The summed E-state index contributed by atoms with van der Waals surface area (Å²) < 4.78 is 49.3. The van der Waals surface area contributed by atoms with Crippen LogP contribution in [0.3, 0.4) is 0 Å². The molecular weight excluding hydrogens is 273 g/mol. The number of halogens is 3. The summed E-state index contributed by atoms with van der Waals surface area (Å²) in [6.07, 6.45) is -4.49. The second kappa shape index (κ2) is 4.43. The first-order valence-electron chi connectivity index (χ1n) is 5.98. The highest BCUT2D eigenvalue weighted by Crippen LogP contribution is 2.39. The Morgan fingerprint density at radius 2 is 1.75 bits per heavy atom. The van der Waals surface area contributed by atoms with Gasteiger partial charge in [-0.25, -0.2) is 4.98 Å². The highest BCUT2D eigenvalue weighted by Gasteiger charge is 2.33. The van der Waals surface area contributed by atoms with Crippen LogP contribution in [0.15, 0.2) is 18.2 Å². The summed E-state index contributed by atoms with van der Waals surface area (Å²) in [5, 5.41) is 3.31. The smallest absolute Gasteiger partial charge is 0.433 e. The van der Waals surface area contributed by atoms with Gasteiger partial charge in [0.25, 0.3) is 0 Å². The van der Waals surface area contributed by atoms with Gasteiger partial charge < -0.3 is 14.8 Å². The van der Waals surface area contributed by atoms with Gasteiger partial charge in [0.1, 0.15) is 18.9 Å². The molecule has 20 heavy (non-hydrogen) atoms. The van der Waals surface area contributed by atoms with Gasteiger partial charge in [0.15, 0.2) is 11.5 Å². The molecule has 2 heterocycles. The monoisotopic (exact) mass is 284 g/mol. The number of anilines is 1. The fraction of sp³-hybridized carbons (Fsp3) is 0.308. The van der Waals surface area contributed by atoms with Gasteiger partial charge in [-0.3, -0.25) is 0 Å². The fourth-order valence-corrected chi connectivity index (χ4v) is 2.11. The summed E-state index contributed by atoms with van der Waals surface area (Å²) in [7, 11) is 1.56. The number of ether oxygens (including phenoxy) is 2. The van der Waals surface area contributed by atoms with E-state index in [1.807, 2.05) is 0 Å². The number of nitrogens with one attached hydrogen (secondary N) is 1. The van der Waals surface area contributed by atoms with Crippen LogP contribution in [0.1, 0.15) is 5.69 Å². The number of nitrogens with zero attached hydrogens (tertiary/aromatic N) is 1. The minimum atomic E-state index is -4.49. The Hall–Kier alpha value is -2.18. The van der Waals surface area contributed by atoms with Crippen LogP contribution in [0.2, 0.25) is 0 Å². The van der Waals surface area contributed by atoms with Gasteiger partial charge in [0.05, 0.1) is 5.52 Å². The van der Waals surface area contributed by atoms with Crippen LogP contribution in [-0.2, 0) is 6.18 Å². The highest BCUT2D eigenvalue weighted by atomic mass is 19.4. The van der Waals surface area contributed by atoms with Crippen LogP contribution in [0, 0.1) is 0 Å². The van der Waals surface area contributed by atoms with Crippen LogP contribution in [0.25, 0.3) is 10.9 Å². The average Bonchev–Trinajstić information content (AvgIpc) is 2.42. The first-order chi connectivity index (χ1) is 9.49. The van der Waals surface area contributed by atoms with Gasteiger partial charge in [0, 0.05) is 24.2 Å². The molecule has 1 aliphatic heterocycles. The van der Waals surface area contributed by atoms with E-state index < -0.39 is 11.9 Å². The van der Waals surface area contributed by atoms with E-state index >= 15 is 0 Å². The molecule has 0 spiro atoms. The van der Waals surface area contributed by atoms with E-state index in [4.69, 9.17) is 9.47 Å². The first-order valence-corrected chi connectivity index (χ1v) is 5.98. The van der Waals surface area contributed by atoms with E-state index in [0.717, 1.165) is 6.07 Å². The number of hydrogen-bond acceptors (Lipinski definition) is 4. The molecule has 4 nitrogen and oxygen atoms in total. The Kier molecular flexibility index (Phi) is 2.84. The van der Waals surface area contributed by atoms with Crippen molar-refractivity contribution in [2.24, 2.45) is 0 Å². The number of benzene rings is 1. The predicted octanol–water partition coefficient (Wildman–Crippen LogP) is 3.07. The van der Waals surface area contributed by atoms with Crippen molar-refractivity contribution >= 4 is 16.6 Å². The van der Waals surface area contributed by atoms with Gasteiger partial charge in [-0.2, -0.15) is 13.2 Å². The van der Waals surface area contributed by atoms with E-state index in [-0.39, 0.29) is 5.52 Å². The molecule has 1 aliphatic rings. The second-order valence-corrected chi connectivity index (χ2v) is 4.32. The molecule has 0 saturated heterocycles. The van der Waals surface area contributed by atoms with Gasteiger partial charge in [-0.1, -0.05) is 0 Å². The van der Waals surface area contributed by atoms with Crippen LogP contribution in [0.5, 0.6) is 11.5 Å². The van der Waals surface area contributed by atoms with Gasteiger partial charge >= 0.3 is 6.18 Å². The maximum absolute atomic E-state index is 12.8. The molecule has 1 aromatic carbocycles. The van der Waals surface area contributed by atoms with E-state index in [1.165, 1.54) is 6.07 Å². The van der Waals surface area contributed by atoms with Crippen LogP contribution in [-0.4, -0.2) is 25.2 Å². The molecule has 0 amide bonds. The van der Waals surface area contributed by atoms with Crippen molar-refractivity contribution in [1.82, 2.24) is 4.98 Å². The number of pyridine rings is 1. The number of alkyl halides is 3. The lowest BCUT2D eigenvalue weighted by Crippen LogP contribution is -2.15. The Balaban J connectivity index is 2.26. The number of rotatable bonds is 1. The molecule has 0 aliphatic carbocycles. The van der Waals surface area contributed by atoms with E-state index in [2.05, 4.69) is 10.3 Å². The molecule has 1 N–H and O–H groups in total. The Morgan fingerprint density at radius 3 is 2.35 bits per heavy atom. The lowest BCUT2D eigenvalue weighted by molar-refractivity contribution is -0.140. The van der Waals surface area contributed by atoms with Crippen molar-refractivity contribution < 1.29 is 22.6 Å². The van der Waals surface area contributed by atoms with Crippen molar-refractivity contribution in [2.45, 2.75) is 6.18 Å². The van der Waals surface area contributed by atoms with Crippen molar-refractivity contribution in [2.75, 3.05) is 25.6 Å². The van der Waals surface area contributed by atoms with Crippen molar-refractivity contribution in [3.63, 3.8) is 0 Å². The van der Waals surface area contributed by atoms with Crippen LogP contribution in [0.4, 0.5) is 18.9 Å². The van der Waals surface area contributed by atoms with Gasteiger partial charge in [-0.05, 0) is 12.1 Å². The Morgan fingerprint density at radius 1 is 1.10 bits per heavy atom. The first kappa shape index (κ1) is 12.8. The zero-order valence-corrected chi connectivity index (χ0v) is 10.5. The summed E-state index contributed by atoms with van der Waals surface area (Å²) >= 11 is 0. The Bertz CT molecular complexity index is 671. The number of hydrogen-bond donors (Lipinski definition) is 1. The number of fused-ring (bicyclic) bond motifs is 2. The molecule has 7 heteroatoms. The minimum Gasteiger partial charge on any atom is -0.486 e. The molecular formula is C13H11F3N2O2. The van der Waals surface area contributed by atoms with Crippen LogP contribution >= 0.6 is 0 Å². The SMILES string of the molecule is CNc1cc(C(F)(F)F)nc2cc3c(cc12)OCCO3. The van der Waals surface area contributed by atoms with E-state index in [1.54, 1.807) is 13.1 Å².